The molecule has 1 aliphatic heterocycles. The molecule has 1 aliphatic rings. The Morgan fingerprint density at radius 2 is 2.47 bits per heavy atom. The lowest BCUT2D eigenvalue weighted by atomic mass is 10.2. The predicted octanol–water partition coefficient (Wildman–Crippen LogP) is 2.53. The largest absolute Gasteiger partial charge is 0.342 e. The Kier molecular flexibility index (Phi) is 3.81. The average molecular weight is 288 g/mol. The topological polar surface area (TPSA) is 20.3 Å². The van der Waals surface area contributed by atoms with E-state index in [1.54, 1.807) is 11.3 Å². The fraction of sp³-hybridized carbons (Fsp3) is 0.545. The van der Waals surface area contributed by atoms with Crippen LogP contribution in [0.3, 0.4) is 0 Å². The van der Waals surface area contributed by atoms with Crippen LogP contribution in [0, 0.1) is 5.92 Å². The standard InChI is InChI=1S/C11H14BrNOS/c12-6-10-5-11(14)13(7-10)3-1-9-2-4-15-8-9/h2,4,8,10H,1,3,5-7H2. The summed E-state index contributed by atoms with van der Waals surface area (Å²) in [6.07, 6.45) is 1.71. The quantitative estimate of drug-likeness (QED) is 0.780. The Bertz CT molecular complexity index is 325. The number of hydrogen-bond donors (Lipinski definition) is 0. The molecule has 4 heteroatoms. The van der Waals surface area contributed by atoms with Crippen molar-refractivity contribution in [2.24, 2.45) is 5.92 Å². The van der Waals surface area contributed by atoms with Gasteiger partial charge in [-0.05, 0) is 34.7 Å². The third-order valence-corrected chi connectivity index (χ3v) is 4.41. The number of likely N-dealkylation sites (tertiary alicyclic amines) is 1. The lowest BCUT2D eigenvalue weighted by Gasteiger charge is -2.15. The maximum absolute atomic E-state index is 11.6. The van der Waals surface area contributed by atoms with Crippen molar-refractivity contribution in [1.82, 2.24) is 4.90 Å². The molecule has 0 aliphatic carbocycles. The van der Waals surface area contributed by atoms with E-state index in [9.17, 15) is 4.79 Å². The van der Waals surface area contributed by atoms with E-state index in [1.807, 2.05) is 4.90 Å². The van der Waals surface area contributed by atoms with Crippen LogP contribution in [0.5, 0.6) is 0 Å². The van der Waals surface area contributed by atoms with Gasteiger partial charge in [0.05, 0.1) is 0 Å². The Labute approximate surface area is 102 Å². The van der Waals surface area contributed by atoms with Gasteiger partial charge in [-0.15, -0.1) is 0 Å². The summed E-state index contributed by atoms with van der Waals surface area (Å²) in [4.78, 5) is 13.6. The first-order chi connectivity index (χ1) is 7.29. The summed E-state index contributed by atoms with van der Waals surface area (Å²) in [5.41, 5.74) is 1.34. The Balaban J connectivity index is 1.83. The Morgan fingerprint density at radius 1 is 1.60 bits per heavy atom. The molecular weight excluding hydrogens is 274 g/mol. The molecule has 0 N–H and O–H groups in total. The molecule has 0 saturated carbocycles. The molecule has 82 valence electrons. The van der Waals surface area contributed by atoms with Crippen molar-refractivity contribution in [2.45, 2.75) is 12.8 Å². The zero-order chi connectivity index (χ0) is 10.7. The number of thiophene rings is 1. The molecule has 1 saturated heterocycles. The monoisotopic (exact) mass is 287 g/mol. The molecule has 2 nitrogen and oxygen atoms in total. The van der Waals surface area contributed by atoms with Crippen LogP contribution >= 0.6 is 27.3 Å². The minimum absolute atomic E-state index is 0.315. The van der Waals surface area contributed by atoms with Gasteiger partial charge >= 0.3 is 0 Å². The van der Waals surface area contributed by atoms with Gasteiger partial charge in [0, 0.05) is 24.8 Å². The van der Waals surface area contributed by atoms with E-state index in [0.29, 0.717) is 11.8 Å². The maximum Gasteiger partial charge on any atom is 0.222 e. The van der Waals surface area contributed by atoms with Crippen molar-refractivity contribution < 1.29 is 4.79 Å². The van der Waals surface area contributed by atoms with Gasteiger partial charge in [0.15, 0.2) is 0 Å². The number of amides is 1. The maximum atomic E-state index is 11.6. The van der Waals surface area contributed by atoms with Crippen LogP contribution in [0.25, 0.3) is 0 Å². The number of halogens is 1. The van der Waals surface area contributed by atoms with Gasteiger partial charge in [0.2, 0.25) is 5.91 Å². The highest BCUT2D eigenvalue weighted by atomic mass is 79.9. The van der Waals surface area contributed by atoms with Crippen LogP contribution in [0.2, 0.25) is 0 Å². The first kappa shape index (κ1) is 11.1. The van der Waals surface area contributed by atoms with Crippen molar-refractivity contribution in [3.63, 3.8) is 0 Å². The summed E-state index contributed by atoms with van der Waals surface area (Å²) in [5.74, 6) is 0.828. The summed E-state index contributed by atoms with van der Waals surface area (Å²) >= 11 is 5.16. The van der Waals surface area contributed by atoms with E-state index < -0.39 is 0 Å². The molecule has 1 amide bonds. The summed E-state index contributed by atoms with van der Waals surface area (Å²) in [7, 11) is 0. The molecule has 0 radical (unpaired) electrons. The van der Waals surface area contributed by atoms with Crippen LogP contribution in [0.4, 0.5) is 0 Å². The number of carbonyl (C=O) groups excluding carboxylic acids is 1. The molecule has 2 heterocycles. The van der Waals surface area contributed by atoms with E-state index in [1.165, 1.54) is 5.56 Å². The summed E-state index contributed by atoms with van der Waals surface area (Å²) in [6, 6.07) is 2.13. The lowest BCUT2D eigenvalue weighted by Crippen LogP contribution is -2.27. The van der Waals surface area contributed by atoms with Gasteiger partial charge in [-0.2, -0.15) is 11.3 Å². The molecule has 15 heavy (non-hydrogen) atoms. The third kappa shape index (κ3) is 2.82. The smallest absolute Gasteiger partial charge is 0.222 e. The zero-order valence-electron chi connectivity index (χ0n) is 8.49. The average Bonchev–Trinajstić information content (AvgIpc) is 2.84. The minimum Gasteiger partial charge on any atom is -0.342 e. The lowest BCUT2D eigenvalue weighted by molar-refractivity contribution is -0.127. The molecule has 2 rings (SSSR count). The summed E-state index contributed by atoms with van der Waals surface area (Å²) in [5, 5.41) is 5.18. The second-order valence-electron chi connectivity index (χ2n) is 3.95. The van der Waals surface area contributed by atoms with Gasteiger partial charge in [0.1, 0.15) is 0 Å². The van der Waals surface area contributed by atoms with Gasteiger partial charge < -0.3 is 4.90 Å². The Hall–Kier alpha value is -0.350. The van der Waals surface area contributed by atoms with Crippen molar-refractivity contribution in [3.05, 3.63) is 22.4 Å². The summed E-state index contributed by atoms with van der Waals surface area (Å²) in [6.45, 7) is 1.80. The van der Waals surface area contributed by atoms with Gasteiger partial charge in [0.25, 0.3) is 0 Å². The van der Waals surface area contributed by atoms with Crippen LogP contribution < -0.4 is 0 Å². The van der Waals surface area contributed by atoms with Crippen molar-refractivity contribution >= 4 is 33.2 Å². The second kappa shape index (κ2) is 5.12. The van der Waals surface area contributed by atoms with E-state index in [2.05, 4.69) is 32.8 Å². The first-order valence-electron chi connectivity index (χ1n) is 5.14. The normalized spacial score (nSPS) is 21.3. The Morgan fingerprint density at radius 3 is 3.07 bits per heavy atom. The molecular formula is C11H14BrNOS. The molecule has 1 aromatic rings. The van der Waals surface area contributed by atoms with Crippen molar-refractivity contribution in [2.75, 3.05) is 18.4 Å². The predicted molar refractivity (Wildman–Crippen MR) is 66.5 cm³/mol. The number of hydrogen-bond acceptors (Lipinski definition) is 2. The van der Waals surface area contributed by atoms with E-state index in [-0.39, 0.29) is 0 Å². The molecule has 0 bridgehead atoms. The van der Waals surface area contributed by atoms with Gasteiger partial charge in [-0.1, -0.05) is 15.9 Å². The number of carbonyl (C=O) groups is 1. The SMILES string of the molecule is O=C1CC(CBr)CN1CCc1ccsc1. The zero-order valence-corrected chi connectivity index (χ0v) is 10.9. The fourth-order valence-corrected chi connectivity index (χ4v) is 3.01. The van der Waals surface area contributed by atoms with Crippen LogP contribution in [-0.4, -0.2) is 29.2 Å². The molecule has 1 unspecified atom stereocenters. The third-order valence-electron chi connectivity index (χ3n) is 2.76. The van der Waals surface area contributed by atoms with Crippen LogP contribution in [0.15, 0.2) is 16.8 Å². The number of rotatable bonds is 4. The van der Waals surface area contributed by atoms with E-state index >= 15 is 0 Å². The number of alkyl halides is 1. The number of nitrogens with zero attached hydrogens (tertiary/aromatic N) is 1. The van der Waals surface area contributed by atoms with E-state index in [0.717, 1.165) is 31.3 Å². The van der Waals surface area contributed by atoms with Gasteiger partial charge in [-0.25, -0.2) is 0 Å². The van der Waals surface area contributed by atoms with Gasteiger partial charge in [-0.3, -0.25) is 4.79 Å². The highest BCUT2D eigenvalue weighted by molar-refractivity contribution is 9.09. The van der Waals surface area contributed by atoms with Crippen LogP contribution in [0.1, 0.15) is 12.0 Å². The highest BCUT2D eigenvalue weighted by Gasteiger charge is 2.28. The molecule has 0 aromatic carbocycles. The van der Waals surface area contributed by atoms with E-state index in [4.69, 9.17) is 0 Å². The van der Waals surface area contributed by atoms with Crippen molar-refractivity contribution in [3.8, 4) is 0 Å². The summed E-state index contributed by atoms with van der Waals surface area (Å²) < 4.78 is 0. The molecule has 1 aromatic heterocycles. The molecule has 0 spiro atoms. The molecule has 1 fully saturated rings. The first-order valence-corrected chi connectivity index (χ1v) is 7.21. The highest BCUT2D eigenvalue weighted by Crippen LogP contribution is 2.20. The molecule has 1 atom stereocenters. The van der Waals surface area contributed by atoms with Crippen LogP contribution in [-0.2, 0) is 11.2 Å². The van der Waals surface area contributed by atoms with Crippen molar-refractivity contribution in [1.29, 1.82) is 0 Å². The fourth-order valence-electron chi connectivity index (χ4n) is 1.87. The second-order valence-corrected chi connectivity index (χ2v) is 5.37. The minimum atomic E-state index is 0.315.